The first-order valence-corrected chi connectivity index (χ1v) is 4.65. The van der Waals surface area contributed by atoms with Crippen LogP contribution in [0.15, 0.2) is 22.9 Å². The molecule has 0 fully saturated rings. The Balaban J connectivity index is 2.64. The van der Waals surface area contributed by atoms with Crippen LogP contribution in [0.4, 0.5) is 8.78 Å². The minimum absolute atomic E-state index is 0.0969. The predicted octanol–water partition coefficient (Wildman–Crippen LogP) is 2.32. The molecule has 0 aliphatic carbocycles. The molecule has 0 amide bonds. The zero-order chi connectivity index (χ0) is 12.6. The number of aromatic nitrogens is 2. The van der Waals surface area contributed by atoms with Crippen LogP contribution in [0.5, 0.6) is 0 Å². The predicted molar refractivity (Wildman–Crippen MR) is 52.8 cm³/mol. The van der Waals surface area contributed by atoms with Gasteiger partial charge in [0, 0.05) is 13.2 Å². The van der Waals surface area contributed by atoms with E-state index < -0.39 is 23.7 Å². The summed E-state index contributed by atoms with van der Waals surface area (Å²) < 4.78 is 31.1. The first kappa shape index (κ1) is 11.3. The SMILES string of the molecule is Cn1cccc1-c1noc(C(F)F)c1C(=O)O. The third-order valence-corrected chi connectivity index (χ3v) is 2.32. The molecule has 2 aromatic rings. The minimum atomic E-state index is -3.01. The first-order chi connectivity index (χ1) is 8.02. The summed E-state index contributed by atoms with van der Waals surface area (Å²) in [6, 6.07) is 3.22. The molecule has 0 radical (unpaired) electrons. The van der Waals surface area contributed by atoms with Crippen LogP contribution in [0, 0.1) is 0 Å². The van der Waals surface area contributed by atoms with Crippen molar-refractivity contribution >= 4 is 5.97 Å². The van der Waals surface area contributed by atoms with Gasteiger partial charge in [-0.05, 0) is 12.1 Å². The average Bonchev–Trinajstić information content (AvgIpc) is 2.82. The normalized spacial score (nSPS) is 11.1. The van der Waals surface area contributed by atoms with Crippen LogP contribution >= 0.6 is 0 Å². The number of halogens is 2. The van der Waals surface area contributed by atoms with Crippen LogP contribution in [0.1, 0.15) is 22.5 Å². The summed E-state index contributed by atoms with van der Waals surface area (Å²) >= 11 is 0. The van der Waals surface area contributed by atoms with E-state index in [9.17, 15) is 13.6 Å². The number of aromatic carboxylic acids is 1. The number of carbonyl (C=O) groups is 1. The molecule has 1 N–H and O–H groups in total. The number of carboxylic acid groups (broad SMARTS) is 1. The van der Waals surface area contributed by atoms with Gasteiger partial charge in [0.1, 0.15) is 11.3 Å². The molecule has 2 rings (SSSR count). The van der Waals surface area contributed by atoms with E-state index in [1.807, 2.05) is 0 Å². The standard InChI is InChI=1S/C10H8F2N2O3/c1-14-4-2-3-5(14)7-6(10(15)16)8(9(11)12)17-13-7/h2-4,9H,1H3,(H,15,16). The van der Waals surface area contributed by atoms with Gasteiger partial charge in [0.2, 0.25) is 5.76 Å². The maximum Gasteiger partial charge on any atom is 0.341 e. The molecule has 0 bridgehead atoms. The molecule has 17 heavy (non-hydrogen) atoms. The van der Waals surface area contributed by atoms with E-state index in [0.29, 0.717) is 5.69 Å². The zero-order valence-corrected chi connectivity index (χ0v) is 8.72. The molecule has 0 spiro atoms. The third-order valence-electron chi connectivity index (χ3n) is 2.32. The highest BCUT2D eigenvalue weighted by molar-refractivity contribution is 5.95. The molecule has 0 aliphatic heterocycles. The van der Waals surface area contributed by atoms with Gasteiger partial charge in [-0.15, -0.1) is 0 Å². The molecule has 0 saturated heterocycles. The summed E-state index contributed by atoms with van der Waals surface area (Å²) in [5, 5.41) is 12.3. The van der Waals surface area contributed by atoms with Gasteiger partial charge in [-0.2, -0.15) is 0 Å². The van der Waals surface area contributed by atoms with E-state index in [-0.39, 0.29) is 5.69 Å². The van der Waals surface area contributed by atoms with Crippen molar-refractivity contribution < 1.29 is 23.2 Å². The lowest BCUT2D eigenvalue weighted by Crippen LogP contribution is -2.03. The van der Waals surface area contributed by atoms with Crippen LogP contribution in [-0.2, 0) is 7.05 Å². The van der Waals surface area contributed by atoms with Gasteiger partial charge in [0.05, 0.1) is 5.69 Å². The first-order valence-electron chi connectivity index (χ1n) is 4.65. The number of hydrogen-bond acceptors (Lipinski definition) is 3. The molecule has 5 nitrogen and oxygen atoms in total. The summed E-state index contributed by atoms with van der Waals surface area (Å²) in [6.07, 6.45) is -1.36. The fraction of sp³-hybridized carbons (Fsp3) is 0.200. The Morgan fingerprint density at radius 3 is 2.76 bits per heavy atom. The number of alkyl halides is 2. The van der Waals surface area contributed by atoms with Crippen LogP contribution in [0.25, 0.3) is 11.4 Å². The largest absolute Gasteiger partial charge is 0.477 e. The summed E-state index contributed by atoms with van der Waals surface area (Å²) in [4.78, 5) is 11.0. The molecule has 2 aromatic heterocycles. The van der Waals surface area contributed by atoms with Gasteiger partial charge >= 0.3 is 5.97 Å². The second-order valence-electron chi connectivity index (χ2n) is 3.38. The number of hydrogen-bond donors (Lipinski definition) is 1. The van der Waals surface area contributed by atoms with E-state index in [1.54, 1.807) is 29.9 Å². The van der Waals surface area contributed by atoms with Gasteiger partial charge < -0.3 is 14.2 Å². The molecule has 7 heteroatoms. The number of aryl methyl sites for hydroxylation is 1. The van der Waals surface area contributed by atoms with Crippen molar-refractivity contribution in [2.24, 2.45) is 7.05 Å². The minimum Gasteiger partial charge on any atom is -0.477 e. The van der Waals surface area contributed by atoms with Crippen molar-refractivity contribution in [2.75, 3.05) is 0 Å². The smallest absolute Gasteiger partial charge is 0.341 e. The van der Waals surface area contributed by atoms with E-state index >= 15 is 0 Å². The van der Waals surface area contributed by atoms with Crippen LogP contribution in [0.2, 0.25) is 0 Å². The van der Waals surface area contributed by atoms with Crippen molar-refractivity contribution in [3.63, 3.8) is 0 Å². The summed E-state index contributed by atoms with van der Waals surface area (Å²) in [5.74, 6) is -2.41. The van der Waals surface area contributed by atoms with Crippen molar-refractivity contribution in [2.45, 2.75) is 6.43 Å². The van der Waals surface area contributed by atoms with E-state index in [0.717, 1.165) is 0 Å². The summed E-state index contributed by atoms with van der Waals surface area (Å²) in [6.45, 7) is 0. The molecule has 0 atom stereocenters. The lowest BCUT2D eigenvalue weighted by atomic mass is 10.1. The van der Waals surface area contributed by atoms with Crippen LogP contribution in [0.3, 0.4) is 0 Å². The second kappa shape index (κ2) is 4.00. The third kappa shape index (κ3) is 1.79. The molecule has 2 heterocycles. The van der Waals surface area contributed by atoms with E-state index in [4.69, 9.17) is 5.11 Å². The van der Waals surface area contributed by atoms with Gasteiger partial charge in [0.15, 0.2) is 0 Å². The molecule has 90 valence electrons. The van der Waals surface area contributed by atoms with Crippen molar-refractivity contribution in [3.05, 3.63) is 29.7 Å². The number of nitrogens with zero attached hydrogens (tertiary/aromatic N) is 2. The lowest BCUT2D eigenvalue weighted by Gasteiger charge is -2.00. The lowest BCUT2D eigenvalue weighted by molar-refractivity contribution is 0.0670. The maximum absolute atomic E-state index is 12.5. The average molecular weight is 242 g/mol. The molecule has 0 aromatic carbocycles. The summed E-state index contributed by atoms with van der Waals surface area (Å²) in [5.41, 5.74) is -0.292. The molecule has 0 unspecified atom stereocenters. The van der Waals surface area contributed by atoms with Crippen molar-refractivity contribution in [3.8, 4) is 11.4 Å². The Hall–Kier alpha value is -2.18. The maximum atomic E-state index is 12.5. The van der Waals surface area contributed by atoms with Crippen molar-refractivity contribution in [1.82, 2.24) is 9.72 Å². The van der Waals surface area contributed by atoms with Crippen molar-refractivity contribution in [1.29, 1.82) is 0 Å². The van der Waals surface area contributed by atoms with Gasteiger partial charge in [-0.1, -0.05) is 5.16 Å². The Labute approximate surface area is 94.3 Å². The summed E-state index contributed by atoms with van der Waals surface area (Å²) in [7, 11) is 1.65. The molecule has 0 saturated carbocycles. The Morgan fingerprint density at radius 2 is 2.29 bits per heavy atom. The van der Waals surface area contributed by atoms with Crippen LogP contribution < -0.4 is 0 Å². The quantitative estimate of drug-likeness (QED) is 0.896. The second-order valence-corrected chi connectivity index (χ2v) is 3.38. The number of carboxylic acids is 1. The fourth-order valence-electron chi connectivity index (χ4n) is 1.54. The monoisotopic (exact) mass is 242 g/mol. The number of rotatable bonds is 3. The Morgan fingerprint density at radius 1 is 1.59 bits per heavy atom. The van der Waals surface area contributed by atoms with Gasteiger partial charge in [-0.25, -0.2) is 13.6 Å². The topological polar surface area (TPSA) is 68.3 Å². The Bertz CT molecular complexity index is 560. The molecular formula is C10H8F2N2O3. The fourth-order valence-corrected chi connectivity index (χ4v) is 1.54. The highest BCUT2D eigenvalue weighted by atomic mass is 19.3. The van der Waals surface area contributed by atoms with E-state index in [1.165, 1.54) is 0 Å². The van der Waals surface area contributed by atoms with E-state index in [2.05, 4.69) is 9.68 Å². The van der Waals surface area contributed by atoms with Crippen LogP contribution in [-0.4, -0.2) is 20.8 Å². The highest BCUT2D eigenvalue weighted by Crippen LogP contribution is 2.31. The molecule has 0 aliphatic rings. The highest BCUT2D eigenvalue weighted by Gasteiger charge is 2.29. The van der Waals surface area contributed by atoms with Gasteiger partial charge in [-0.3, -0.25) is 0 Å². The van der Waals surface area contributed by atoms with Gasteiger partial charge in [0.25, 0.3) is 6.43 Å². The Kier molecular flexibility index (Phi) is 2.66. The molecular weight excluding hydrogens is 234 g/mol. The zero-order valence-electron chi connectivity index (χ0n) is 8.72.